The first-order chi connectivity index (χ1) is 9.38. The lowest BCUT2D eigenvalue weighted by Crippen LogP contribution is -2.05. The lowest BCUT2D eigenvalue weighted by Gasteiger charge is -2.07. The van der Waals surface area contributed by atoms with Crippen LogP contribution in [0.15, 0.2) is 48.5 Å². The third-order valence-electron chi connectivity index (χ3n) is 3.11. The number of benzene rings is 2. The molecule has 0 radical (unpaired) electrons. The normalized spacial score (nSPS) is 11.0. The van der Waals surface area contributed by atoms with Crippen LogP contribution in [0, 0.1) is 0 Å². The largest absolute Gasteiger partial charge is 0.475 e. The molecule has 0 aliphatic heterocycles. The molecule has 0 amide bonds. The number of hydrogen-bond acceptors (Lipinski definition) is 3. The monoisotopic (exact) mass is 253 g/mol. The van der Waals surface area contributed by atoms with Crippen LogP contribution in [0.4, 0.5) is 0 Å². The Hall–Kier alpha value is -2.13. The summed E-state index contributed by atoms with van der Waals surface area (Å²) in [5.41, 5.74) is 0.952. The van der Waals surface area contributed by atoms with Crippen LogP contribution in [0.25, 0.3) is 21.7 Å². The van der Waals surface area contributed by atoms with Crippen LogP contribution in [-0.2, 0) is 4.74 Å². The fraction of sp³-hybridized carbons (Fsp3) is 0.188. The zero-order valence-corrected chi connectivity index (χ0v) is 10.8. The number of methoxy groups -OCH3 is 1. The van der Waals surface area contributed by atoms with Gasteiger partial charge in [0, 0.05) is 18.6 Å². The van der Waals surface area contributed by atoms with Gasteiger partial charge in [-0.25, -0.2) is 4.98 Å². The highest BCUT2D eigenvalue weighted by atomic mass is 16.5. The van der Waals surface area contributed by atoms with E-state index >= 15 is 0 Å². The van der Waals surface area contributed by atoms with E-state index in [1.54, 1.807) is 7.11 Å². The van der Waals surface area contributed by atoms with Crippen LogP contribution < -0.4 is 4.74 Å². The first-order valence-electron chi connectivity index (χ1n) is 6.29. The lowest BCUT2D eigenvalue weighted by atomic mass is 10.1. The van der Waals surface area contributed by atoms with E-state index in [1.165, 1.54) is 10.8 Å². The van der Waals surface area contributed by atoms with Gasteiger partial charge < -0.3 is 9.47 Å². The maximum atomic E-state index is 5.53. The number of pyridine rings is 1. The summed E-state index contributed by atoms with van der Waals surface area (Å²) in [6, 6.07) is 16.4. The third kappa shape index (κ3) is 2.37. The van der Waals surface area contributed by atoms with Gasteiger partial charge in [-0.15, -0.1) is 0 Å². The predicted molar refractivity (Wildman–Crippen MR) is 76.6 cm³/mol. The van der Waals surface area contributed by atoms with E-state index in [0.29, 0.717) is 19.1 Å². The van der Waals surface area contributed by atoms with Gasteiger partial charge in [-0.3, -0.25) is 0 Å². The van der Waals surface area contributed by atoms with E-state index in [0.717, 1.165) is 10.9 Å². The van der Waals surface area contributed by atoms with Crippen molar-refractivity contribution in [2.45, 2.75) is 0 Å². The number of ether oxygens (including phenoxy) is 2. The van der Waals surface area contributed by atoms with Crippen molar-refractivity contribution in [1.29, 1.82) is 0 Å². The van der Waals surface area contributed by atoms with Crippen molar-refractivity contribution in [3.63, 3.8) is 0 Å². The summed E-state index contributed by atoms with van der Waals surface area (Å²) in [7, 11) is 1.66. The molecule has 96 valence electrons. The maximum absolute atomic E-state index is 5.53. The molecule has 0 N–H and O–H groups in total. The highest BCUT2D eigenvalue weighted by molar-refractivity contribution is 6.06. The summed E-state index contributed by atoms with van der Waals surface area (Å²) in [6.07, 6.45) is 0. The predicted octanol–water partition coefficient (Wildman–Crippen LogP) is 3.41. The summed E-state index contributed by atoms with van der Waals surface area (Å²) in [4.78, 5) is 4.52. The minimum absolute atomic E-state index is 0.516. The Balaban J connectivity index is 2.02. The maximum Gasteiger partial charge on any atom is 0.213 e. The summed E-state index contributed by atoms with van der Waals surface area (Å²) in [5, 5.41) is 3.60. The van der Waals surface area contributed by atoms with E-state index < -0.39 is 0 Å². The van der Waals surface area contributed by atoms with Crippen LogP contribution in [-0.4, -0.2) is 25.3 Å². The van der Waals surface area contributed by atoms with Crippen molar-refractivity contribution >= 4 is 21.7 Å². The van der Waals surface area contributed by atoms with Crippen LogP contribution in [0.1, 0.15) is 0 Å². The molecule has 0 aliphatic rings. The second-order valence-corrected chi connectivity index (χ2v) is 4.34. The summed E-state index contributed by atoms with van der Waals surface area (Å²) in [5.74, 6) is 0.639. The van der Waals surface area contributed by atoms with E-state index in [-0.39, 0.29) is 0 Å². The zero-order valence-electron chi connectivity index (χ0n) is 10.8. The molecule has 1 heterocycles. The Morgan fingerprint density at radius 3 is 2.68 bits per heavy atom. The van der Waals surface area contributed by atoms with E-state index in [2.05, 4.69) is 29.2 Å². The minimum Gasteiger partial charge on any atom is -0.475 e. The second kappa shape index (κ2) is 5.24. The van der Waals surface area contributed by atoms with Crippen LogP contribution in [0.5, 0.6) is 5.88 Å². The Kier molecular flexibility index (Phi) is 3.29. The molecular weight excluding hydrogens is 238 g/mol. The van der Waals surface area contributed by atoms with Gasteiger partial charge in [0.15, 0.2) is 0 Å². The van der Waals surface area contributed by atoms with Gasteiger partial charge >= 0.3 is 0 Å². The molecule has 3 aromatic rings. The Morgan fingerprint density at radius 1 is 0.895 bits per heavy atom. The second-order valence-electron chi connectivity index (χ2n) is 4.34. The van der Waals surface area contributed by atoms with E-state index in [1.807, 2.05) is 24.3 Å². The highest BCUT2D eigenvalue weighted by Crippen LogP contribution is 2.25. The molecule has 0 spiro atoms. The molecule has 19 heavy (non-hydrogen) atoms. The molecule has 0 aliphatic carbocycles. The van der Waals surface area contributed by atoms with Gasteiger partial charge in [-0.05, 0) is 22.9 Å². The SMILES string of the molecule is COCCOc1ccc2c(ccc3ccccc32)n1. The molecular formula is C16H15NO2. The number of rotatable bonds is 4. The van der Waals surface area contributed by atoms with Crippen molar-refractivity contribution in [2.24, 2.45) is 0 Å². The molecule has 2 aromatic carbocycles. The number of hydrogen-bond donors (Lipinski definition) is 0. The average Bonchev–Trinajstić information content (AvgIpc) is 2.47. The quantitative estimate of drug-likeness (QED) is 0.527. The molecule has 0 atom stereocenters. The number of fused-ring (bicyclic) bond motifs is 3. The molecule has 1 aromatic heterocycles. The first-order valence-corrected chi connectivity index (χ1v) is 6.29. The fourth-order valence-electron chi connectivity index (χ4n) is 2.18. The van der Waals surface area contributed by atoms with E-state index in [4.69, 9.17) is 9.47 Å². The topological polar surface area (TPSA) is 31.4 Å². The van der Waals surface area contributed by atoms with Gasteiger partial charge in [-0.2, -0.15) is 0 Å². The van der Waals surface area contributed by atoms with Crippen LogP contribution in [0.2, 0.25) is 0 Å². The van der Waals surface area contributed by atoms with Crippen molar-refractivity contribution in [3.8, 4) is 5.88 Å². The van der Waals surface area contributed by atoms with Gasteiger partial charge in [0.25, 0.3) is 0 Å². The molecule has 0 bridgehead atoms. The highest BCUT2D eigenvalue weighted by Gasteiger charge is 2.03. The molecule has 0 saturated carbocycles. The standard InChI is InChI=1S/C16H15NO2/c1-18-10-11-19-16-9-7-14-13-5-3-2-4-12(13)6-8-15(14)17-16/h2-9H,10-11H2,1H3. The smallest absolute Gasteiger partial charge is 0.213 e. The Bertz CT molecular complexity index is 709. The summed E-state index contributed by atoms with van der Waals surface area (Å²) in [6.45, 7) is 1.08. The number of aromatic nitrogens is 1. The first kappa shape index (κ1) is 11.9. The van der Waals surface area contributed by atoms with Crippen molar-refractivity contribution < 1.29 is 9.47 Å². The molecule has 0 saturated heterocycles. The van der Waals surface area contributed by atoms with E-state index in [9.17, 15) is 0 Å². The lowest BCUT2D eigenvalue weighted by molar-refractivity contribution is 0.144. The van der Waals surface area contributed by atoms with Crippen molar-refractivity contribution in [2.75, 3.05) is 20.3 Å². The van der Waals surface area contributed by atoms with Crippen LogP contribution in [0.3, 0.4) is 0 Å². The van der Waals surface area contributed by atoms with Gasteiger partial charge in [0.1, 0.15) is 6.61 Å². The number of nitrogens with zero attached hydrogens (tertiary/aromatic N) is 1. The van der Waals surface area contributed by atoms with Crippen LogP contribution >= 0.6 is 0 Å². The molecule has 3 rings (SSSR count). The van der Waals surface area contributed by atoms with Crippen molar-refractivity contribution in [1.82, 2.24) is 4.98 Å². The van der Waals surface area contributed by atoms with Gasteiger partial charge in [0.2, 0.25) is 5.88 Å². The van der Waals surface area contributed by atoms with Gasteiger partial charge in [-0.1, -0.05) is 30.3 Å². The molecule has 0 fully saturated rings. The minimum atomic E-state index is 0.516. The zero-order chi connectivity index (χ0) is 13.1. The third-order valence-corrected chi connectivity index (χ3v) is 3.11. The fourth-order valence-corrected chi connectivity index (χ4v) is 2.18. The summed E-state index contributed by atoms with van der Waals surface area (Å²) >= 11 is 0. The molecule has 3 heteroatoms. The average molecular weight is 253 g/mol. The van der Waals surface area contributed by atoms with Crippen molar-refractivity contribution in [3.05, 3.63) is 48.5 Å². The Morgan fingerprint density at radius 2 is 1.79 bits per heavy atom. The molecule has 3 nitrogen and oxygen atoms in total. The van der Waals surface area contributed by atoms with Gasteiger partial charge in [0.05, 0.1) is 12.1 Å². The summed E-state index contributed by atoms with van der Waals surface area (Å²) < 4.78 is 10.5. The molecule has 0 unspecified atom stereocenters. The Labute approximate surface area is 111 Å².